The van der Waals surface area contributed by atoms with Crippen molar-refractivity contribution in [2.24, 2.45) is 21.7 Å². The number of thiophene rings is 1. The van der Waals surface area contributed by atoms with Crippen LogP contribution in [0.4, 0.5) is 0 Å². The Kier molecular flexibility index (Phi) is 4.84. The Morgan fingerprint density at radius 3 is 2.78 bits per heavy atom. The van der Waals surface area contributed by atoms with Gasteiger partial charge in [0.05, 0.1) is 19.0 Å². The Hall–Kier alpha value is -1.25. The molecule has 8 heteroatoms. The Balaban J connectivity index is 2.08. The molecule has 1 atom stereocenters. The van der Waals surface area contributed by atoms with E-state index in [-0.39, 0.29) is 5.96 Å². The lowest BCUT2D eigenvalue weighted by Crippen LogP contribution is -2.24. The minimum atomic E-state index is -0.0397. The normalized spacial score (nSPS) is 18.7. The largest absolute Gasteiger partial charge is 0.369 e. The highest BCUT2D eigenvalue weighted by molar-refractivity contribution is 9.12. The highest BCUT2D eigenvalue weighted by atomic mass is 79.9. The molecule has 0 spiro atoms. The molecule has 3 rings (SSSR count). The highest BCUT2D eigenvalue weighted by Gasteiger charge is 2.29. The third-order valence-corrected chi connectivity index (χ3v) is 6.20. The summed E-state index contributed by atoms with van der Waals surface area (Å²) in [5.41, 5.74) is 16.3. The number of nitrogens with two attached hydrogens (primary N) is 2. The lowest BCUT2D eigenvalue weighted by molar-refractivity contribution is 0.677. The van der Waals surface area contributed by atoms with E-state index in [1.54, 1.807) is 11.3 Å². The number of hydrogen-bond donors (Lipinski definition) is 2. The molecule has 0 saturated heterocycles. The van der Waals surface area contributed by atoms with E-state index in [0.29, 0.717) is 5.92 Å². The van der Waals surface area contributed by atoms with E-state index in [1.165, 1.54) is 5.56 Å². The van der Waals surface area contributed by atoms with Gasteiger partial charge in [-0.05, 0) is 80.8 Å². The first-order valence-corrected chi connectivity index (χ1v) is 9.41. The van der Waals surface area contributed by atoms with Crippen LogP contribution in [0.2, 0.25) is 0 Å². The fourth-order valence-corrected chi connectivity index (χ4v) is 5.91. The minimum absolute atomic E-state index is 0.0397. The smallest absolute Gasteiger partial charge is 0.211 e. The van der Waals surface area contributed by atoms with Gasteiger partial charge in [0.1, 0.15) is 0 Å². The first kappa shape index (κ1) is 16.6. The van der Waals surface area contributed by atoms with Gasteiger partial charge in [-0.1, -0.05) is 0 Å². The van der Waals surface area contributed by atoms with Crippen molar-refractivity contribution in [1.29, 1.82) is 0 Å². The van der Waals surface area contributed by atoms with Crippen molar-refractivity contribution in [1.82, 2.24) is 4.98 Å². The zero-order valence-corrected chi connectivity index (χ0v) is 16.4. The quantitative estimate of drug-likeness (QED) is 0.410. The zero-order chi connectivity index (χ0) is 16.6. The highest BCUT2D eigenvalue weighted by Crippen LogP contribution is 2.41. The number of fused-ring (bicyclic) bond motifs is 1. The number of rotatable bonds is 2. The summed E-state index contributed by atoms with van der Waals surface area (Å²) in [6.07, 6.45) is 3.49. The van der Waals surface area contributed by atoms with Gasteiger partial charge < -0.3 is 11.5 Å². The van der Waals surface area contributed by atoms with Crippen LogP contribution in [-0.2, 0) is 6.42 Å². The molecule has 0 aliphatic heterocycles. The first-order chi connectivity index (χ1) is 11.0. The van der Waals surface area contributed by atoms with Crippen molar-refractivity contribution in [3.63, 3.8) is 0 Å². The molecule has 2 heterocycles. The first-order valence-electron chi connectivity index (χ1n) is 7.00. The average molecular weight is 457 g/mol. The topological polar surface area (TPSA) is 89.6 Å². The summed E-state index contributed by atoms with van der Waals surface area (Å²) >= 11 is 8.87. The molecular weight excluding hydrogens is 442 g/mol. The van der Waals surface area contributed by atoms with Gasteiger partial charge >= 0.3 is 0 Å². The molecule has 120 valence electrons. The molecule has 4 N–H and O–H groups in total. The summed E-state index contributed by atoms with van der Waals surface area (Å²) in [6.45, 7) is 2.06. The summed E-state index contributed by atoms with van der Waals surface area (Å²) in [5.74, 6) is 0.254. The predicted molar refractivity (Wildman–Crippen MR) is 102 cm³/mol. The van der Waals surface area contributed by atoms with Gasteiger partial charge in [0.15, 0.2) is 0 Å². The Labute approximate surface area is 155 Å². The third kappa shape index (κ3) is 3.49. The van der Waals surface area contributed by atoms with Crippen LogP contribution in [0.1, 0.15) is 34.7 Å². The number of aryl methyl sites for hydroxylation is 1. The average Bonchev–Trinajstić information content (AvgIpc) is 2.83. The number of halogens is 2. The van der Waals surface area contributed by atoms with Crippen molar-refractivity contribution >= 4 is 54.9 Å². The van der Waals surface area contributed by atoms with Gasteiger partial charge in [0.2, 0.25) is 5.96 Å². The second-order valence-corrected chi connectivity index (χ2v) is 9.16. The van der Waals surface area contributed by atoms with Crippen LogP contribution in [0.15, 0.2) is 36.1 Å². The maximum Gasteiger partial charge on any atom is 0.211 e. The van der Waals surface area contributed by atoms with E-state index in [1.807, 2.05) is 12.3 Å². The maximum absolute atomic E-state index is 5.43. The van der Waals surface area contributed by atoms with Crippen LogP contribution in [0.3, 0.4) is 0 Å². The standard InChI is InChI=1S/C15H15Br2N5S/c1-7-2-3-20-10-4-8(9-6-12(16)23-14(9)17)5-11(13(7)10)21-22-15(18)19/h2-3,6,8H,4-5H2,1H3,(H4,18,19,22)/b21-11-. The minimum Gasteiger partial charge on any atom is -0.369 e. The van der Waals surface area contributed by atoms with Crippen molar-refractivity contribution in [3.05, 3.63) is 48.3 Å². The second kappa shape index (κ2) is 6.70. The summed E-state index contributed by atoms with van der Waals surface area (Å²) in [4.78, 5) is 4.55. The maximum atomic E-state index is 5.43. The summed E-state index contributed by atoms with van der Waals surface area (Å²) in [6, 6.07) is 4.14. The van der Waals surface area contributed by atoms with Crippen molar-refractivity contribution in [2.45, 2.75) is 25.7 Å². The van der Waals surface area contributed by atoms with Crippen molar-refractivity contribution in [3.8, 4) is 0 Å². The Bertz CT molecular complexity index is 808. The molecular formula is C15H15Br2N5S. The van der Waals surface area contributed by atoms with Crippen LogP contribution in [0.25, 0.3) is 0 Å². The second-order valence-electron chi connectivity index (χ2n) is 5.41. The number of guanidine groups is 1. The summed E-state index contributed by atoms with van der Waals surface area (Å²) in [5, 5.41) is 8.15. The lowest BCUT2D eigenvalue weighted by atomic mass is 9.81. The van der Waals surface area contributed by atoms with Crippen LogP contribution in [-0.4, -0.2) is 16.7 Å². The molecule has 2 aromatic rings. The number of hydrogen-bond acceptors (Lipinski definition) is 4. The molecule has 1 unspecified atom stereocenters. The van der Waals surface area contributed by atoms with Crippen molar-refractivity contribution < 1.29 is 0 Å². The molecule has 0 bridgehead atoms. The molecule has 0 amide bonds. The Morgan fingerprint density at radius 2 is 2.13 bits per heavy atom. The number of pyridine rings is 1. The SMILES string of the molecule is Cc1ccnc2c1/C(=N\N=C(N)N)CC(c1cc(Br)sc1Br)C2. The van der Waals surface area contributed by atoms with Gasteiger partial charge in [0, 0.05) is 11.8 Å². The summed E-state index contributed by atoms with van der Waals surface area (Å²) in [7, 11) is 0. The van der Waals surface area contributed by atoms with Crippen molar-refractivity contribution in [2.75, 3.05) is 0 Å². The van der Waals surface area contributed by atoms with E-state index >= 15 is 0 Å². The number of aromatic nitrogens is 1. The number of nitrogens with zero attached hydrogens (tertiary/aromatic N) is 3. The molecule has 5 nitrogen and oxygen atoms in total. The van der Waals surface area contributed by atoms with Crippen LogP contribution in [0.5, 0.6) is 0 Å². The molecule has 0 fully saturated rings. The molecule has 23 heavy (non-hydrogen) atoms. The van der Waals surface area contributed by atoms with Gasteiger partial charge in [-0.25, -0.2) is 0 Å². The Morgan fingerprint density at radius 1 is 1.35 bits per heavy atom. The molecule has 1 aliphatic rings. The predicted octanol–water partition coefficient (Wildman–Crippen LogP) is 3.68. The molecule has 2 aromatic heterocycles. The van der Waals surface area contributed by atoms with Crippen LogP contribution >= 0.6 is 43.2 Å². The van der Waals surface area contributed by atoms with E-state index in [9.17, 15) is 0 Å². The van der Waals surface area contributed by atoms with Gasteiger partial charge in [0.25, 0.3) is 0 Å². The van der Waals surface area contributed by atoms with Gasteiger partial charge in [-0.3, -0.25) is 4.98 Å². The fraction of sp³-hybridized carbons (Fsp3) is 0.267. The molecule has 0 aromatic carbocycles. The van der Waals surface area contributed by atoms with E-state index in [2.05, 4.69) is 60.0 Å². The molecule has 0 radical (unpaired) electrons. The molecule has 0 saturated carbocycles. The van der Waals surface area contributed by atoms with Crippen LogP contribution in [0, 0.1) is 6.92 Å². The van der Waals surface area contributed by atoms with Crippen LogP contribution < -0.4 is 11.5 Å². The van der Waals surface area contributed by atoms with Gasteiger partial charge in [-0.15, -0.1) is 16.4 Å². The zero-order valence-electron chi connectivity index (χ0n) is 12.4. The monoisotopic (exact) mass is 455 g/mol. The third-order valence-electron chi connectivity index (χ3n) is 3.81. The fourth-order valence-electron chi connectivity index (χ4n) is 2.86. The lowest BCUT2D eigenvalue weighted by Gasteiger charge is -2.26. The van der Waals surface area contributed by atoms with E-state index in [4.69, 9.17) is 11.5 Å². The van der Waals surface area contributed by atoms with E-state index < -0.39 is 0 Å². The van der Waals surface area contributed by atoms with Gasteiger partial charge in [-0.2, -0.15) is 5.10 Å². The summed E-state index contributed by atoms with van der Waals surface area (Å²) < 4.78 is 2.23. The molecule has 1 aliphatic carbocycles. The van der Waals surface area contributed by atoms with E-state index in [0.717, 1.165) is 42.9 Å².